The molecule has 1 aromatic carbocycles. The fraction of sp³-hybridized carbons (Fsp3) is 0.0667. The minimum absolute atomic E-state index is 0.268. The lowest BCUT2D eigenvalue weighted by molar-refractivity contribution is 0.781. The van der Waals surface area contributed by atoms with Gasteiger partial charge in [-0.3, -0.25) is 13.2 Å². The van der Waals surface area contributed by atoms with E-state index in [4.69, 9.17) is 0 Å². The predicted molar refractivity (Wildman–Crippen MR) is 143 cm³/mol. The van der Waals surface area contributed by atoms with Crippen LogP contribution < -0.4 is 4.90 Å². The first-order valence-corrected chi connectivity index (χ1v) is 12.7. The summed E-state index contributed by atoms with van der Waals surface area (Å²) in [5.74, 6) is 1.32. The Morgan fingerprint density at radius 2 is 1.31 bits per heavy atom. The summed E-state index contributed by atoms with van der Waals surface area (Å²) in [6.45, 7) is 0.951. The SMILES string of the molecule is C1=C2c3ccc4n5ccc6c5c5c(c7c8c9c%10c(ccn%10c%10ccc6n%10c95)c5ccc(n58)N(C1)C27)n34. The van der Waals surface area contributed by atoms with Gasteiger partial charge in [0.2, 0.25) is 0 Å². The molecule has 0 saturated heterocycles. The highest BCUT2D eigenvalue weighted by atomic mass is 15.3. The van der Waals surface area contributed by atoms with E-state index in [9.17, 15) is 0 Å². The molecule has 0 fully saturated rings. The van der Waals surface area contributed by atoms with Crippen molar-refractivity contribution < 1.29 is 0 Å². The van der Waals surface area contributed by atoms with Crippen molar-refractivity contribution >= 4 is 82.8 Å². The number of hydrogen-bond acceptors (Lipinski definition) is 1. The van der Waals surface area contributed by atoms with Crippen molar-refractivity contribution in [3.05, 3.63) is 78.3 Å². The van der Waals surface area contributed by atoms with Gasteiger partial charge < -0.3 is 13.7 Å². The van der Waals surface area contributed by atoms with E-state index >= 15 is 0 Å². The Hall–Kier alpha value is -4.84. The standard InChI is InChI=1S/C30H14N6/c1-4-19-31-11-8-14-17-3-6-21-33-12-9-15-18-2-5-20-32-10-7-13-16(1)34(19)28-22(25(13)32)29(35(18)20)24(27(15)33)30(36(17)21)23(28)26(14)31/h1-11,27H,12H2. The maximum absolute atomic E-state index is 2.63. The summed E-state index contributed by atoms with van der Waals surface area (Å²) >= 11 is 0. The Bertz CT molecular complexity index is 2710. The molecule has 0 spiro atoms. The molecule has 164 valence electrons. The lowest BCUT2D eigenvalue weighted by Crippen LogP contribution is -2.32. The highest BCUT2D eigenvalue weighted by Gasteiger charge is 2.44. The third-order valence-corrected chi connectivity index (χ3v) is 9.98. The first-order chi connectivity index (χ1) is 17.9. The summed E-state index contributed by atoms with van der Waals surface area (Å²) in [6.07, 6.45) is 7.03. The summed E-state index contributed by atoms with van der Waals surface area (Å²) in [6, 6.07) is 18.9. The summed E-state index contributed by atoms with van der Waals surface area (Å²) in [5, 5.41) is 5.48. The molecule has 6 nitrogen and oxygen atoms in total. The molecule has 1 atom stereocenters. The van der Waals surface area contributed by atoms with Crippen molar-refractivity contribution in [2.75, 3.05) is 11.4 Å². The van der Waals surface area contributed by atoms with Gasteiger partial charge in [-0.1, -0.05) is 6.08 Å². The maximum atomic E-state index is 2.63. The van der Waals surface area contributed by atoms with E-state index in [1.807, 2.05) is 0 Å². The molecule has 12 heterocycles. The molecule has 0 bridgehead atoms. The number of aromatic nitrogens is 5. The van der Waals surface area contributed by atoms with Crippen LogP contribution in [0.25, 0.3) is 77.0 Å². The Morgan fingerprint density at radius 3 is 2.14 bits per heavy atom. The lowest BCUT2D eigenvalue weighted by atomic mass is 9.87. The van der Waals surface area contributed by atoms with Crippen LogP contribution in [0, 0.1) is 0 Å². The first kappa shape index (κ1) is 15.2. The third kappa shape index (κ3) is 1.10. The number of rotatable bonds is 0. The second kappa shape index (κ2) is 4.09. The van der Waals surface area contributed by atoms with Gasteiger partial charge in [-0.05, 0) is 48.5 Å². The molecule has 0 N–H and O–H groups in total. The molecule has 0 radical (unpaired) electrons. The van der Waals surface area contributed by atoms with Gasteiger partial charge in [-0.25, -0.2) is 0 Å². The largest absolute Gasteiger partial charge is 0.343 e. The van der Waals surface area contributed by atoms with Crippen LogP contribution in [0.1, 0.15) is 17.3 Å². The highest BCUT2D eigenvalue weighted by Crippen LogP contribution is 2.57. The van der Waals surface area contributed by atoms with E-state index < -0.39 is 0 Å². The van der Waals surface area contributed by atoms with Crippen molar-refractivity contribution in [2.24, 2.45) is 0 Å². The number of anilines is 1. The van der Waals surface area contributed by atoms with Crippen LogP contribution in [0.2, 0.25) is 0 Å². The molecule has 36 heavy (non-hydrogen) atoms. The summed E-state index contributed by atoms with van der Waals surface area (Å²) in [7, 11) is 0. The lowest BCUT2D eigenvalue weighted by Gasteiger charge is -2.38. The number of hydrogen-bond donors (Lipinski definition) is 0. The molecular formula is C30H14N6. The molecule has 13 rings (SSSR count). The quantitative estimate of drug-likeness (QED) is 0.198. The van der Waals surface area contributed by atoms with Gasteiger partial charge in [0.1, 0.15) is 17.1 Å². The van der Waals surface area contributed by atoms with Gasteiger partial charge in [0.25, 0.3) is 0 Å². The molecule has 0 aliphatic carbocycles. The Morgan fingerprint density at radius 1 is 0.611 bits per heavy atom. The van der Waals surface area contributed by atoms with Crippen LogP contribution in [0.5, 0.6) is 0 Å². The normalized spacial score (nSPS) is 18.8. The number of fused-ring (bicyclic) bond motifs is 6. The summed E-state index contributed by atoms with van der Waals surface area (Å²) < 4.78 is 12.6. The second-order valence-electron chi connectivity index (χ2n) is 11.1. The zero-order valence-corrected chi connectivity index (χ0v) is 18.8. The number of benzene rings is 1. The van der Waals surface area contributed by atoms with E-state index in [1.54, 1.807) is 0 Å². The molecule has 6 heteroatoms. The van der Waals surface area contributed by atoms with Gasteiger partial charge >= 0.3 is 0 Å². The molecule has 0 amide bonds. The van der Waals surface area contributed by atoms with E-state index in [1.165, 1.54) is 94.1 Å². The van der Waals surface area contributed by atoms with Crippen molar-refractivity contribution in [3.63, 3.8) is 0 Å². The van der Waals surface area contributed by atoms with E-state index in [-0.39, 0.29) is 6.04 Å². The van der Waals surface area contributed by atoms with Crippen molar-refractivity contribution in [1.29, 1.82) is 0 Å². The molecule has 0 saturated carbocycles. The van der Waals surface area contributed by atoms with E-state index in [0.717, 1.165) is 6.54 Å². The van der Waals surface area contributed by atoms with Crippen molar-refractivity contribution in [3.8, 4) is 0 Å². The van der Waals surface area contributed by atoms with Gasteiger partial charge in [0, 0.05) is 51.6 Å². The molecule has 10 aromatic rings. The monoisotopic (exact) mass is 458 g/mol. The maximum Gasteiger partial charge on any atom is 0.122 e. The van der Waals surface area contributed by atoms with Crippen LogP contribution >= 0.6 is 0 Å². The molecular weight excluding hydrogens is 444 g/mol. The van der Waals surface area contributed by atoms with Crippen LogP contribution in [0.4, 0.5) is 5.82 Å². The van der Waals surface area contributed by atoms with Crippen molar-refractivity contribution in [1.82, 2.24) is 22.0 Å². The van der Waals surface area contributed by atoms with Crippen LogP contribution in [-0.4, -0.2) is 28.5 Å². The fourth-order valence-electron chi connectivity index (χ4n) is 8.89. The molecule has 3 aliphatic heterocycles. The average Bonchev–Trinajstić information content (AvgIpc) is 3.70. The smallest absolute Gasteiger partial charge is 0.122 e. The zero-order valence-electron chi connectivity index (χ0n) is 18.8. The summed E-state index contributed by atoms with van der Waals surface area (Å²) in [5.41, 5.74) is 16.3. The van der Waals surface area contributed by atoms with Gasteiger partial charge in [-0.2, -0.15) is 0 Å². The Kier molecular flexibility index (Phi) is 1.73. The van der Waals surface area contributed by atoms with E-state index in [2.05, 4.69) is 93.9 Å². The van der Waals surface area contributed by atoms with Gasteiger partial charge in [0.15, 0.2) is 0 Å². The highest BCUT2D eigenvalue weighted by molar-refractivity contribution is 6.33. The third-order valence-electron chi connectivity index (χ3n) is 9.98. The van der Waals surface area contributed by atoms with Crippen LogP contribution in [0.15, 0.2) is 67.0 Å². The topological polar surface area (TPSA) is 25.3 Å². The van der Waals surface area contributed by atoms with Crippen LogP contribution in [-0.2, 0) is 0 Å². The molecule has 1 unspecified atom stereocenters. The van der Waals surface area contributed by atoms with Gasteiger partial charge in [-0.15, -0.1) is 0 Å². The second-order valence-corrected chi connectivity index (χ2v) is 11.1. The van der Waals surface area contributed by atoms with Gasteiger partial charge in [0.05, 0.1) is 50.4 Å². The van der Waals surface area contributed by atoms with Crippen LogP contribution in [0.3, 0.4) is 0 Å². The first-order valence-electron chi connectivity index (χ1n) is 12.7. The fourth-order valence-corrected chi connectivity index (χ4v) is 8.89. The van der Waals surface area contributed by atoms with Crippen molar-refractivity contribution in [2.45, 2.75) is 6.04 Å². The number of nitrogens with zero attached hydrogens (tertiary/aromatic N) is 6. The molecule has 3 aliphatic rings. The minimum Gasteiger partial charge on any atom is -0.343 e. The Balaban J connectivity index is 1.61. The number of pyridine rings is 2. The zero-order chi connectivity index (χ0) is 22.3. The molecule has 9 aromatic heterocycles. The average molecular weight is 458 g/mol. The predicted octanol–water partition coefficient (Wildman–Crippen LogP) is 6.15. The Labute approximate surface area is 200 Å². The van der Waals surface area contributed by atoms with E-state index in [0.29, 0.717) is 0 Å². The summed E-state index contributed by atoms with van der Waals surface area (Å²) in [4.78, 5) is 2.63. The minimum atomic E-state index is 0.268.